The van der Waals surface area contributed by atoms with Gasteiger partial charge in [0.2, 0.25) is 0 Å². The molecule has 1 aliphatic carbocycles. The van der Waals surface area contributed by atoms with Crippen LogP contribution in [0.15, 0.2) is 18.2 Å². The van der Waals surface area contributed by atoms with Crippen LogP contribution < -0.4 is 10.1 Å². The average Bonchev–Trinajstić information content (AvgIpc) is 2.67. The van der Waals surface area contributed by atoms with Crippen molar-refractivity contribution in [2.45, 2.75) is 51.2 Å². The van der Waals surface area contributed by atoms with Crippen LogP contribution in [-0.4, -0.2) is 13.2 Å². The SMILES string of the molecule is CNC(CC1CCC1)c1ccc2c(c1)CC(C)O2. The minimum Gasteiger partial charge on any atom is -0.490 e. The molecule has 1 aliphatic heterocycles. The molecule has 1 N–H and O–H groups in total. The zero-order chi connectivity index (χ0) is 12.5. The number of ether oxygens (including phenoxy) is 1. The van der Waals surface area contributed by atoms with Crippen LogP contribution >= 0.6 is 0 Å². The number of hydrogen-bond acceptors (Lipinski definition) is 2. The summed E-state index contributed by atoms with van der Waals surface area (Å²) in [6.07, 6.45) is 6.95. The summed E-state index contributed by atoms with van der Waals surface area (Å²) >= 11 is 0. The molecule has 2 unspecified atom stereocenters. The molecule has 1 aromatic carbocycles. The average molecular weight is 245 g/mol. The van der Waals surface area contributed by atoms with E-state index in [4.69, 9.17) is 4.74 Å². The predicted octanol–water partition coefficient (Wildman–Crippen LogP) is 3.46. The first-order valence-electron chi connectivity index (χ1n) is 7.23. The van der Waals surface area contributed by atoms with E-state index < -0.39 is 0 Å². The van der Waals surface area contributed by atoms with Crippen molar-refractivity contribution < 1.29 is 4.74 Å². The second-order valence-corrected chi connectivity index (χ2v) is 5.87. The van der Waals surface area contributed by atoms with Crippen LogP contribution in [0.5, 0.6) is 5.75 Å². The molecular weight excluding hydrogens is 222 g/mol. The van der Waals surface area contributed by atoms with Gasteiger partial charge in [-0.2, -0.15) is 0 Å². The normalized spacial score (nSPS) is 24.2. The number of fused-ring (bicyclic) bond motifs is 1. The zero-order valence-electron chi connectivity index (χ0n) is 11.4. The molecular formula is C16H23NO. The maximum Gasteiger partial charge on any atom is 0.123 e. The topological polar surface area (TPSA) is 21.3 Å². The number of benzene rings is 1. The van der Waals surface area contributed by atoms with Crippen molar-refractivity contribution in [1.29, 1.82) is 0 Å². The van der Waals surface area contributed by atoms with E-state index >= 15 is 0 Å². The first-order chi connectivity index (χ1) is 8.76. The van der Waals surface area contributed by atoms with E-state index in [1.54, 1.807) is 0 Å². The maximum absolute atomic E-state index is 5.77. The number of rotatable bonds is 4. The van der Waals surface area contributed by atoms with Gasteiger partial charge in [0, 0.05) is 12.5 Å². The highest BCUT2D eigenvalue weighted by atomic mass is 16.5. The summed E-state index contributed by atoms with van der Waals surface area (Å²) < 4.78 is 5.77. The summed E-state index contributed by atoms with van der Waals surface area (Å²) in [4.78, 5) is 0. The van der Waals surface area contributed by atoms with Crippen molar-refractivity contribution in [3.05, 3.63) is 29.3 Å². The van der Waals surface area contributed by atoms with Gasteiger partial charge in [-0.05, 0) is 43.5 Å². The van der Waals surface area contributed by atoms with Crippen LogP contribution in [0.25, 0.3) is 0 Å². The quantitative estimate of drug-likeness (QED) is 0.877. The molecule has 0 spiro atoms. The van der Waals surface area contributed by atoms with Crippen LogP contribution in [0, 0.1) is 5.92 Å². The van der Waals surface area contributed by atoms with Crippen LogP contribution in [-0.2, 0) is 6.42 Å². The molecule has 1 fully saturated rings. The van der Waals surface area contributed by atoms with Gasteiger partial charge in [0.05, 0.1) is 0 Å². The summed E-state index contributed by atoms with van der Waals surface area (Å²) in [5, 5.41) is 3.48. The van der Waals surface area contributed by atoms with E-state index in [9.17, 15) is 0 Å². The lowest BCUT2D eigenvalue weighted by atomic mass is 9.79. The highest BCUT2D eigenvalue weighted by molar-refractivity contribution is 5.41. The largest absolute Gasteiger partial charge is 0.490 e. The van der Waals surface area contributed by atoms with Gasteiger partial charge in [0.15, 0.2) is 0 Å². The lowest BCUT2D eigenvalue weighted by Crippen LogP contribution is -2.23. The molecule has 3 rings (SSSR count). The maximum atomic E-state index is 5.77. The van der Waals surface area contributed by atoms with Gasteiger partial charge >= 0.3 is 0 Å². The molecule has 1 heterocycles. The fraction of sp³-hybridized carbons (Fsp3) is 0.625. The Balaban J connectivity index is 1.76. The van der Waals surface area contributed by atoms with Gasteiger partial charge in [-0.1, -0.05) is 31.4 Å². The first kappa shape index (κ1) is 12.0. The standard InChI is InChI=1S/C16H23NO/c1-11-8-14-10-13(6-7-16(14)18-11)15(17-2)9-12-4-3-5-12/h6-7,10-12,15,17H,3-5,8-9H2,1-2H3. The Hall–Kier alpha value is -1.02. The molecule has 0 aromatic heterocycles. The monoisotopic (exact) mass is 245 g/mol. The third-order valence-corrected chi connectivity index (χ3v) is 4.46. The fourth-order valence-electron chi connectivity index (χ4n) is 3.14. The molecule has 2 aliphatic rings. The van der Waals surface area contributed by atoms with E-state index in [0.29, 0.717) is 12.1 Å². The predicted molar refractivity (Wildman–Crippen MR) is 74.0 cm³/mol. The molecule has 0 radical (unpaired) electrons. The zero-order valence-corrected chi connectivity index (χ0v) is 11.4. The van der Waals surface area contributed by atoms with Crippen molar-refractivity contribution in [2.24, 2.45) is 5.92 Å². The molecule has 0 bridgehead atoms. The van der Waals surface area contributed by atoms with Crippen molar-refractivity contribution in [3.63, 3.8) is 0 Å². The molecule has 2 heteroatoms. The second kappa shape index (κ2) is 4.93. The molecule has 98 valence electrons. The molecule has 1 aromatic rings. The van der Waals surface area contributed by atoms with E-state index in [-0.39, 0.29) is 0 Å². The number of nitrogens with one attached hydrogen (secondary N) is 1. The third-order valence-electron chi connectivity index (χ3n) is 4.46. The Morgan fingerprint density at radius 1 is 1.39 bits per heavy atom. The summed E-state index contributed by atoms with van der Waals surface area (Å²) in [5.74, 6) is 2.02. The molecule has 1 saturated carbocycles. The second-order valence-electron chi connectivity index (χ2n) is 5.87. The van der Waals surface area contributed by atoms with Crippen molar-refractivity contribution in [2.75, 3.05) is 7.05 Å². The fourth-order valence-corrected chi connectivity index (χ4v) is 3.14. The molecule has 0 amide bonds. The molecule has 0 saturated heterocycles. The summed E-state index contributed by atoms with van der Waals surface area (Å²) in [6, 6.07) is 7.24. The first-order valence-corrected chi connectivity index (χ1v) is 7.23. The molecule has 2 atom stereocenters. The van der Waals surface area contributed by atoms with Crippen LogP contribution in [0.3, 0.4) is 0 Å². The Bertz CT molecular complexity index is 425. The van der Waals surface area contributed by atoms with Crippen molar-refractivity contribution in [1.82, 2.24) is 5.32 Å². The van der Waals surface area contributed by atoms with Gasteiger partial charge in [-0.15, -0.1) is 0 Å². The van der Waals surface area contributed by atoms with Gasteiger partial charge in [0.25, 0.3) is 0 Å². The van der Waals surface area contributed by atoms with E-state index in [0.717, 1.165) is 18.1 Å². The summed E-state index contributed by atoms with van der Waals surface area (Å²) in [7, 11) is 2.08. The van der Waals surface area contributed by atoms with Crippen LogP contribution in [0.4, 0.5) is 0 Å². The van der Waals surface area contributed by atoms with E-state index in [2.05, 4.69) is 37.5 Å². The summed E-state index contributed by atoms with van der Waals surface area (Å²) in [5.41, 5.74) is 2.81. The van der Waals surface area contributed by atoms with Crippen molar-refractivity contribution >= 4 is 0 Å². The smallest absolute Gasteiger partial charge is 0.123 e. The van der Waals surface area contributed by atoms with Gasteiger partial charge in [0.1, 0.15) is 11.9 Å². The lowest BCUT2D eigenvalue weighted by Gasteiger charge is -2.30. The van der Waals surface area contributed by atoms with Crippen molar-refractivity contribution in [3.8, 4) is 5.75 Å². The molecule has 2 nitrogen and oxygen atoms in total. The minimum atomic E-state index is 0.343. The number of hydrogen-bond donors (Lipinski definition) is 1. The summed E-state index contributed by atoms with van der Waals surface area (Å²) in [6.45, 7) is 2.14. The Labute approximate surface area is 110 Å². The van der Waals surface area contributed by atoms with E-state index in [1.807, 2.05) is 0 Å². The van der Waals surface area contributed by atoms with Crippen LogP contribution in [0.2, 0.25) is 0 Å². The Morgan fingerprint density at radius 2 is 2.22 bits per heavy atom. The third kappa shape index (κ3) is 2.26. The van der Waals surface area contributed by atoms with E-state index in [1.165, 1.54) is 36.8 Å². The highest BCUT2D eigenvalue weighted by Gasteiger charge is 2.24. The van der Waals surface area contributed by atoms with Gasteiger partial charge in [-0.3, -0.25) is 0 Å². The Kier molecular flexibility index (Phi) is 3.29. The Morgan fingerprint density at radius 3 is 2.89 bits per heavy atom. The lowest BCUT2D eigenvalue weighted by molar-refractivity contribution is 0.254. The van der Waals surface area contributed by atoms with Crippen LogP contribution in [0.1, 0.15) is 49.8 Å². The van der Waals surface area contributed by atoms with Gasteiger partial charge in [-0.25, -0.2) is 0 Å². The minimum absolute atomic E-state index is 0.343. The molecule has 18 heavy (non-hydrogen) atoms. The highest BCUT2D eigenvalue weighted by Crippen LogP contribution is 2.36. The van der Waals surface area contributed by atoms with Gasteiger partial charge < -0.3 is 10.1 Å².